The largest absolute Gasteiger partial charge is 0.383 e. The molecule has 2 atom stereocenters. The molecule has 3 amide bonds. The number of amides is 3. The number of fused-ring (bicyclic) bond motifs is 1. The first-order valence-corrected chi connectivity index (χ1v) is 8.15. The van der Waals surface area contributed by atoms with E-state index in [1.165, 1.54) is 0 Å². The van der Waals surface area contributed by atoms with Crippen LogP contribution >= 0.6 is 0 Å². The van der Waals surface area contributed by atoms with Gasteiger partial charge in [-0.1, -0.05) is 30.3 Å². The second-order valence-corrected chi connectivity index (χ2v) is 6.05. The van der Waals surface area contributed by atoms with E-state index in [1.807, 2.05) is 30.3 Å². The number of nitrogens with zero attached hydrogens (tertiary/aromatic N) is 2. The molecule has 0 aromatic heterocycles. The Kier molecular flexibility index (Phi) is 5.32. The zero-order valence-electron chi connectivity index (χ0n) is 13.8. The Labute approximate surface area is 141 Å². The van der Waals surface area contributed by atoms with Crippen LogP contribution in [0, 0.1) is 0 Å². The van der Waals surface area contributed by atoms with Gasteiger partial charge >= 0.3 is 6.03 Å². The van der Waals surface area contributed by atoms with E-state index in [0.29, 0.717) is 32.8 Å². The second kappa shape index (κ2) is 7.63. The van der Waals surface area contributed by atoms with E-state index in [2.05, 4.69) is 5.32 Å². The Morgan fingerprint density at radius 2 is 2.12 bits per heavy atom. The van der Waals surface area contributed by atoms with Gasteiger partial charge in [0.05, 0.1) is 25.3 Å². The van der Waals surface area contributed by atoms with Crippen molar-refractivity contribution in [1.82, 2.24) is 15.1 Å². The highest BCUT2D eigenvalue weighted by molar-refractivity contribution is 5.79. The molecular formula is C17H23N3O4. The number of ether oxygens (including phenoxy) is 2. The van der Waals surface area contributed by atoms with Gasteiger partial charge in [-0.3, -0.25) is 4.79 Å². The molecule has 0 aliphatic carbocycles. The molecule has 130 valence electrons. The molecule has 7 nitrogen and oxygen atoms in total. The van der Waals surface area contributed by atoms with Crippen molar-refractivity contribution in [2.45, 2.75) is 18.7 Å². The maximum atomic E-state index is 12.4. The van der Waals surface area contributed by atoms with Crippen molar-refractivity contribution in [1.29, 1.82) is 0 Å². The Bertz CT molecular complexity index is 580. The molecule has 7 heteroatoms. The lowest BCUT2D eigenvalue weighted by Gasteiger charge is -2.36. The number of carbonyl (C=O) groups is 2. The Morgan fingerprint density at radius 1 is 1.33 bits per heavy atom. The van der Waals surface area contributed by atoms with E-state index < -0.39 is 0 Å². The fourth-order valence-electron chi connectivity index (χ4n) is 3.20. The third-order valence-corrected chi connectivity index (χ3v) is 4.49. The SMILES string of the molecule is COCCN1C(=O)CO[C@@H]2CN(C(=O)NCc3ccccc3)C[C@H]21. The van der Waals surface area contributed by atoms with Crippen molar-refractivity contribution in [3.05, 3.63) is 35.9 Å². The van der Waals surface area contributed by atoms with Gasteiger partial charge in [-0.15, -0.1) is 0 Å². The first-order chi connectivity index (χ1) is 11.7. The summed E-state index contributed by atoms with van der Waals surface area (Å²) < 4.78 is 10.7. The molecule has 0 bridgehead atoms. The van der Waals surface area contributed by atoms with Crippen LogP contribution in [0.1, 0.15) is 5.56 Å². The van der Waals surface area contributed by atoms with Crippen molar-refractivity contribution in [3.63, 3.8) is 0 Å². The van der Waals surface area contributed by atoms with Crippen LogP contribution in [0.15, 0.2) is 30.3 Å². The average Bonchev–Trinajstić information content (AvgIpc) is 3.04. The van der Waals surface area contributed by atoms with E-state index in [1.54, 1.807) is 16.9 Å². The van der Waals surface area contributed by atoms with E-state index >= 15 is 0 Å². The lowest BCUT2D eigenvalue weighted by atomic mass is 10.1. The highest BCUT2D eigenvalue weighted by atomic mass is 16.5. The van der Waals surface area contributed by atoms with Crippen molar-refractivity contribution >= 4 is 11.9 Å². The zero-order chi connectivity index (χ0) is 16.9. The minimum Gasteiger partial charge on any atom is -0.383 e. The van der Waals surface area contributed by atoms with Crippen LogP contribution in [0.5, 0.6) is 0 Å². The number of carbonyl (C=O) groups excluding carboxylic acids is 2. The molecule has 2 heterocycles. The third kappa shape index (κ3) is 3.68. The van der Waals surface area contributed by atoms with Crippen LogP contribution in [0.2, 0.25) is 0 Å². The van der Waals surface area contributed by atoms with Crippen molar-refractivity contribution < 1.29 is 19.1 Å². The summed E-state index contributed by atoms with van der Waals surface area (Å²) in [4.78, 5) is 28.0. The first kappa shape index (κ1) is 16.7. The minimum atomic E-state index is -0.129. The van der Waals surface area contributed by atoms with E-state index in [9.17, 15) is 9.59 Å². The quantitative estimate of drug-likeness (QED) is 0.849. The van der Waals surface area contributed by atoms with Gasteiger partial charge in [0, 0.05) is 26.7 Å². The molecule has 2 aliphatic rings. The first-order valence-electron chi connectivity index (χ1n) is 8.15. The van der Waals surface area contributed by atoms with E-state index in [0.717, 1.165) is 5.56 Å². The summed E-state index contributed by atoms with van der Waals surface area (Å²) in [6, 6.07) is 9.55. The van der Waals surface area contributed by atoms with Gasteiger partial charge in [0.15, 0.2) is 0 Å². The smallest absolute Gasteiger partial charge is 0.317 e. The highest BCUT2D eigenvalue weighted by Crippen LogP contribution is 2.23. The van der Waals surface area contributed by atoms with Gasteiger partial charge in [-0.05, 0) is 5.56 Å². The topological polar surface area (TPSA) is 71.1 Å². The van der Waals surface area contributed by atoms with Gasteiger partial charge < -0.3 is 24.6 Å². The Balaban J connectivity index is 1.56. The van der Waals surface area contributed by atoms with Gasteiger partial charge in [-0.25, -0.2) is 4.79 Å². The molecule has 1 aromatic carbocycles. The summed E-state index contributed by atoms with van der Waals surface area (Å²) >= 11 is 0. The minimum absolute atomic E-state index is 0.0418. The molecule has 2 fully saturated rings. The fourth-order valence-corrected chi connectivity index (χ4v) is 3.20. The molecule has 0 radical (unpaired) electrons. The summed E-state index contributed by atoms with van der Waals surface area (Å²) in [6.07, 6.45) is -0.123. The molecule has 2 saturated heterocycles. The number of likely N-dealkylation sites (tertiary alicyclic amines) is 1. The van der Waals surface area contributed by atoms with E-state index in [-0.39, 0.29) is 30.7 Å². The zero-order valence-corrected chi connectivity index (χ0v) is 13.8. The number of methoxy groups -OCH3 is 1. The maximum absolute atomic E-state index is 12.4. The molecule has 2 aliphatic heterocycles. The number of hydrogen-bond acceptors (Lipinski definition) is 4. The summed E-state index contributed by atoms with van der Waals surface area (Å²) in [5, 5.41) is 2.92. The predicted molar refractivity (Wildman–Crippen MR) is 87.4 cm³/mol. The van der Waals surface area contributed by atoms with Crippen LogP contribution in [0.3, 0.4) is 0 Å². The third-order valence-electron chi connectivity index (χ3n) is 4.49. The maximum Gasteiger partial charge on any atom is 0.317 e. The van der Waals surface area contributed by atoms with Gasteiger partial charge in [0.2, 0.25) is 5.91 Å². The molecule has 24 heavy (non-hydrogen) atoms. The van der Waals surface area contributed by atoms with Gasteiger partial charge in [-0.2, -0.15) is 0 Å². The summed E-state index contributed by atoms with van der Waals surface area (Å²) in [6.45, 7) is 2.56. The molecule has 0 spiro atoms. The molecule has 1 aromatic rings. The molecule has 0 saturated carbocycles. The number of hydrogen-bond donors (Lipinski definition) is 1. The highest BCUT2D eigenvalue weighted by Gasteiger charge is 2.44. The van der Waals surface area contributed by atoms with Crippen molar-refractivity contribution in [2.24, 2.45) is 0 Å². The van der Waals surface area contributed by atoms with Crippen LogP contribution in [-0.2, 0) is 20.8 Å². The summed E-state index contributed by atoms with van der Waals surface area (Å²) in [7, 11) is 1.61. The van der Waals surface area contributed by atoms with Crippen LogP contribution in [-0.4, -0.2) is 73.8 Å². The number of rotatable bonds is 5. The van der Waals surface area contributed by atoms with Crippen LogP contribution in [0.25, 0.3) is 0 Å². The monoisotopic (exact) mass is 333 g/mol. The van der Waals surface area contributed by atoms with Crippen LogP contribution < -0.4 is 5.32 Å². The van der Waals surface area contributed by atoms with Crippen LogP contribution in [0.4, 0.5) is 4.79 Å². The molecule has 1 N–H and O–H groups in total. The standard InChI is InChI=1S/C17H23N3O4/c1-23-8-7-20-14-10-19(11-15(14)24-12-16(20)21)17(22)18-9-13-5-3-2-4-6-13/h2-6,14-15H,7-12H2,1H3,(H,18,22)/t14-,15-/m1/s1. The molecule has 0 unspecified atom stereocenters. The van der Waals surface area contributed by atoms with Gasteiger partial charge in [0.1, 0.15) is 6.61 Å². The summed E-state index contributed by atoms with van der Waals surface area (Å²) in [5.74, 6) is -0.0418. The number of nitrogens with one attached hydrogen (secondary N) is 1. The average molecular weight is 333 g/mol. The number of benzene rings is 1. The number of morpholine rings is 1. The summed E-state index contributed by atoms with van der Waals surface area (Å²) in [5.41, 5.74) is 1.05. The lowest BCUT2D eigenvalue weighted by Crippen LogP contribution is -2.54. The molecular weight excluding hydrogens is 310 g/mol. The van der Waals surface area contributed by atoms with E-state index in [4.69, 9.17) is 9.47 Å². The van der Waals surface area contributed by atoms with Crippen molar-refractivity contribution in [2.75, 3.05) is 40.0 Å². The fraction of sp³-hybridized carbons (Fsp3) is 0.529. The second-order valence-electron chi connectivity index (χ2n) is 6.05. The Hall–Kier alpha value is -2.12. The van der Waals surface area contributed by atoms with Gasteiger partial charge in [0.25, 0.3) is 0 Å². The number of urea groups is 1. The predicted octanol–water partition coefficient (Wildman–Crippen LogP) is 0.454. The molecule has 3 rings (SSSR count). The normalized spacial score (nSPS) is 23.3. The Morgan fingerprint density at radius 3 is 2.88 bits per heavy atom. The van der Waals surface area contributed by atoms with Crippen molar-refractivity contribution in [3.8, 4) is 0 Å². The lowest BCUT2D eigenvalue weighted by molar-refractivity contribution is -0.153.